The zero-order valence-corrected chi connectivity index (χ0v) is 11.3. The van der Waals surface area contributed by atoms with E-state index < -0.39 is 5.60 Å². The van der Waals surface area contributed by atoms with Crippen molar-refractivity contribution in [3.63, 3.8) is 0 Å². The Kier molecular flexibility index (Phi) is 5.40. The second-order valence-corrected chi connectivity index (χ2v) is 5.22. The zero-order chi connectivity index (χ0) is 12.9. The summed E-state index contributed by atoms with van der Waals surface area (Å²) >= 11 is 0. The average molecular weight is 242 g/mol. The number of hydrogen-bond acceptors (Lipinski definition) is 3. The molecule has 0 saturated heterocycles. The van der Waals surface area contributed by atoms with Crippen molar-refractivity contribution in [1.82, 2.24) is 10.2 Å². The predicted molar refractivity (Wildman–Crippen MR) is 68.8 cm³/mol. The van der Waals surface area contributed by atoms with Crippen molar-refractivity contribution in [1.29, 1.82) is 0 Å². The van der Waals surface area contributed by atoms with Gasteiger partial charge in [0.15, 0.2) is 0 Å². The van der Waals surface area contributed by atoms with Gasteiger partial charge < -0.3 is 10.4 Å². The van der Waals surface area contributed by atoms with Crippen LogP contribution in [0.4, 0.5) is 0 Å². The largest absolute Gasteiger partial charge is 0.390 e. The Balaban J connectivity index is 2.24. The van der Waals surface area contributed by atoms with Gasteiger partial charge in [-0.1, -0.05) is 19.8 Å². The summed E-state index contributed by atoms with van der Waals surface area (Å²) in [6.45, 7) is 5.38. The maximum Gasteiger partial charge on any atom is 0.237 e. The van der Waals surface area contributed by atoms with Gasteiger partial charge in [0.05, 0.1) is 11.6 Å². The van der Waals surface area contributed by atoms with Gasteiger partial charge in [0.25, 0.3) is 0 Å². The normalized spacial score (nSPS) is 20.5. The minimum Gasteiger partial charge on any atom is -0.390 e. The van der Waals surface area contributed by atoms with Crippen molar-refractivity contribution in [3.05, 3.63) is 0 Å². The zero-order valence-electron chi connectivity index (χ0n) is 11.3. The fourth-order valence-corrected chi connectivity index (χ4v) is 2.32. The number of rotatable bonds is 6. The van der Waals surface area contributed by atoms with Gasteiger partial charge in [-0.3, -0.25) is 9.69 Å². The number of hydrogen-bond donors (Lipinski definition) is 2. The first kappa shape index (κ1) is 14.5. The molecule has 0 aromatic heterocycles. The van der Waals surface area contributed by atoms with E-state index in [9.17, 15) is 9.90 Å². The van der Waals surface area contributed by atoms with E-state index in [1.807, 2.05) is 25.8 Å². The smallest absolute Gasteiger partial charge is 0.237 e. The van der Waals surface area contributed by atoms with E-state index in [2.05, 4.69) is 5.32 Å². The summed E-state index contributed by atoms with van der Waals surface area (Å²) in [7, 11) is 1.94. The first-order valence-corrected chi connectivity index (χ1v) is 6.69. The van der Waals surface area contributed by atoms with Crippen molar-refractivity contribution >= 4 is 5.91 Å². The molecule has 0 unspecified atom stereocenters. The van der Waals surface area contributed by atoms with Crippen LogP contribution in [0.2, 0.25) is 0 Å². The Morgan fingerprint density at radius 2 is 2.06 bits per heavy atom. The standard InChI is InChI=1S/C13H26N2O2/c1-4-15(3)11(2)12(16)14-10-9-13(17)7-5-6-8-13/h11,17H,4-10H2,1-3H3,(H,14,16)/t11-/m0/s1. The third kappa shape index (κ3) is 4.28. The highest BCUT2D eigenvalue weighted by Crippen LogP contribution is 2.31. The molecule has 2 N–H and O–H groups in total. The predicted octanol–water partition coefficient (Wildman–Crippen LogP) is 1.14. The molecule has 0 aromatic rings. The van der Waals surface area contributed by atoms with Crippen molar-refractivity contribution in [2.45, 2.75) is 57.6 Å². The maximum absolute atomic E-state index is 11.8. The molecule has 0 spiro atoms. The van der Waals surface area contributed by atoms with Crippen LogP contribution >= 0.6 is 0 Å². The van der Waals surface area contributed by atoms with Crippen LogP contribution in [0.15, 0.2) is 0 Å². The molecule has 1 aliphatic carbocycles. The molecule has 1 aliphatic rings. The Labute approximate surface area is 104 Å². The minimum absolute atomic E-state index is 0.0518. The highest BCUT2D eigenvalue weighted by molar-refractivity contribution is 5.81. The summed E-state index contributed by atoms with van der Waals surface area (Å²) in [6.07, 6.45) is 4.67. The van der Waals surface area contributed by atoms with Gasteiger partial charge in [-0.25, -0.2) is 0 Å². The molecule has 0 heterocycles. The van der Waals surface area contributed by atoms with Crippen LogP contribution in [0.5, 0.6) is 0 Å². The van der Waals surface area contributed by atoms with Crippen molar-refractivity contribution in [2.75, 3.05) is 20.1 Å². The number of aliphatic hydroxyl groups is 1. The van der Waals surface area contributed by atoms with Gasteiger partial charge in [0.1, 0.15) is 0 Å². The molecule has 1 rings (SSSR count). The van der Waals surface area contributed by atoms with Gasteiger partial charge in [-0.15, -0.1) is 0 Å². The van der Waals surface area contributed by atoms with Gasteiger partial charge in [-0.2, -0.15) is 0 Å². The average Bonchev–Trinajstić information content (AvgIpc) is 2.74. The van der Waals surface area contributed by atoms with E-state index in [1.165, 1.54) is 0 Å². The van der Waals surface area contributed by atoms with Crippen LogP contribution in [-0.4, -0.2) is 47.7 Å². The highest BCUT2D eigenvalue weighted by atomic mass is 16.3. The molecule has 0 bridgehead atoms. The molecule has 4 heteroatoms. The lowest BCUT2D eigenvalue weighted by Gasteiger charge is -2.25. The van der Waals surface area contributed by atoms with Crippen LogP contribution in [-0.2, 0) is 4.79 Å². The van der Waals surface area contributed by atoms with Crippen molar-refractivity contribution in [2.24, 2.45) is 0 Å². The Bertz CT molecular complexity index is 250. The monoisotopic (exact) mass is 242 g/mol. The third-order valence-corrected chi connectivity index (χ3v) is 3.96. The Morgan fingerprint density at radius 3 is 2.59 bits per heavy atom. The Morgan fingerprint density at radius 1 is 1.47 bits per heavy atom. The van der Waals surface area contributed by atoms with E-state index >= 15 is 0 Å². The van der Waals surface area contributed by atoms with E-state index in [0.29, 0.717) is 13.0 Å². The summed E-state index contributed by atoms with van der Waals surface area (Å²) in [5, 5.41) is 13.0. The number of likely N-dealkylation sites (N-methyl/N-ethyl adjacent to an activating group) is 1. The van der Waals surface area contributed by atoms with E-state index in [4.69, 9.17) is 0 Å². The van der Waals surface area contributed by atoms with Crippen molar-refractivity contribution in [3.8, 4) is 0 Å². The summed E-state index contributed by atoms with van der Waals surface area (Å²) in [5.74, 6) is 0.0518. The molecule has 0 aromatic carbocycles. The number of carbonyl (C=O) groups excluding carboxylic acids is 1. The molecular weight excluding hydrogens is 216 g/mol. The lowest BCUT2D eigenvalue weighted by atomic mass is 9.98. The fraction of sp³-hybridized carbons (Fsp3) is 0.923. The van der Waals surface area contributed by atoms with Gasteiger partial charge in [0.2, 0.25) is 5.91 Å². The SMILES string of the molecule is CCN(C)[C@@H](C)C(=O)NCCC1(O)CCCC1. The van der Waals surface area contributed by atoms with Crippen LogP contribution in [0.1, 0.15) is 46.0 Å². The van der Waals surface area contributed by atoms with Crippen LogP contribution in [0.3, 0.4) is 0 Å². The number of nitrogens with one attached hydrogen (secondary N) is 1. The van der Waals surface area contributed by atoms with Gasteiger partial charge in [0, 0.05) is 6.54 Å². The molecule has 0 aliphatic heterocycles. The Hall–Kier alpha value is -0.610. The second-order valence-electron chi connectivity index (χ2n) is 5.22. The maximum atomic E-state index is 11.8. The number of carbonyl (C=O) groups is 1. The first-order chi connectivity index (χ1) is 7.98. The highest BCUT2D eigenvalue weighted by Gasteiger charge is 2.30. The summed E-state index contributed by atoms with van der Waals surface area (Å²) in [4.78, 5) is 13.8. The molecule has 0 radical (unpaired) electrons. The lowest BCUT2D eigenvalue weighted by Crippen LogP contribution is -2.44. The topological polar surface area (TPSA) is 52.6 Å². The molecule has 1 amide bonds. The molecule has 1 atom stereocenters. The molecule has 1 saturated carbocycles. The molecule has 1 fully saturated rings. The van der Waals surface area contributed by atoms with Crippen molar-refractivity contribution < 1.29 is 9.90 Å². The number of amides is 1. The number of nitrogens with zero attached hydrogens (tertiary/aromatic N) is 1. The van der Waals surface area contributed by atoms with Crippen LogP contribution in [0.25, 0.3) is 0 Å². The van der Waals surface area contributed by atoms with E-state index in [0.717, 1.165) is 32.2 Å². The van der Waals surface area contributed by atoms with E-state index in [-0.39, 0.29) is 11.9 Å². The summed E-state index contributed by atoms with van der Waals surface area (Å²) < 4.78 is 0. The molecule has 17 heavy (non-hydrogen) atoms. The quantitative estimate of drug-likeness (QED) is 0.734. The molecule has 4 nitrogen and oxygen atoms in total. The second kappa shape index (κ2) is 6.36. The van der Waals surface area contributed by atoms with Crippen LogP contribution < -0.4 is 5.32 Å². The first-order valence-electron chi connectivity index (χ1n) is 6.69. The van der Waals surface area contributed by atoms with Gasteiger partial charge >= 0.3 is 0 Å². The minimum atomic E-state index is -0.521. The fourth-order valence-electron chi connectivity index (χ4n) is 2.32. The molecule has 100 valence electrons. The molecular formula is C13H26N2O2. The summed E-state index contributed by atoms with van der Waals surface area (Å²) in [6, 6.07) is -0.0989. The lowest BCUT2D eigenvalue weighted by molar-refractivity contribution is -0.125. The summed E-state index contributed by atoms with van der Waals surface area (Å²) in [5.41, 5.74) is -0.521. The van der Waals surface area contributed by atoms with E-state index in [1.54, 1.807) is 0 Å². The van der Waals surface area contributed by atoms with Gasteiger partial charge in [-0.05, 0) is 39.8 Å². The third-order valence-electron chi connectivity index (χ3n) is 3.96. The van der Waals surface area contributed by atoms with Crippen LogP contribution in [0, 0.1) is 0 Å².